The number of fused-ring (bicyclic) bond motifs is 1. The summed E-state index contributed by atoms with van der Waals surface area (Å²) in [6.07, 6.45) is 6.86. The smallest absolute Gasteiger partial charge is 0.228 e. The fourth-order valence-electron chi connectivity index (χ4n) is 5.05. The van der Waals surface area contributed by atoms with Gasteiger partial charge in [0.2, 0.25) is 5.91 Å². The van der Waals surface area contributed by atoms with Gasteiger partial charge >= 0.3 is 0 Å². The Kier molecular flexibility index (Phi) is 4.88. The maximum absolute atomic E-state index is 13.0. The molecule has 3 aliphatic heterocycles. The summed E-state index contributed by atoms with van der Waals surface area (Å²) in [5.74, 6) is 1.44. The van der Waals surface area contributed by atoms with Crippen LogP contribution in [0.1, 0.15) is 32.1 Å². The Bertz CT molecular complexity index is 418. The van der Waals surface area contributed by atoms with Crippen LogP contribution in [0.25, 0.3) is 0 Å². The van der Waals surface area contributed by atoms with Crippen LogP contribution in [0.4, 0.5) is 0 Å². The van der Waals surface area contributed by atoms with E-state index in [0.29, 0.717) is 37.6 Å². The third kappa shape index (κ3) is 3.28. The van der Waals surface area contributed by atoms with Crippen molar-refractivity contribution in [1.29, 1.82) is 0 Å². The Morgan fingerprint density at radius 1 is 0.913 bits per heavy atom. The number of rotatable bonds is 2. The number of carbonyl (C=O) groups excluding carboxylic acids is 1. The van der Waals surface area contributed by atoms with Crippen LogP contribution in [0.15, 0.2) is 0 Å². The normalized spacial score (nSPS) is 36.9. The van der Waals surface area contributed by atoms with Gasteiger partial charge in [0.15, 0.2) is 0 Å². The lowest BCUT2D eigenvalue weighted by Gasteiger charge is -2.37. The molecule has 0 N–H and O–H groups in total. The lowest BCUT2D eigenvalue weighted by atomic mass is 9.82. The molecule has 1 aliphatic carbocycles. The number of ether oxygens (including phenoxy) is 2. The van der Waals surface area contributed by atoms with E-state index >= 15 is 0 Å². The van der Waals surface area contributed by atoms with Gasteiger partial charge in [-0.15, -0.1) is 0 Å². The zero-order valence-electron chi connectivity index (χ0n) is 14.1. The maximum atomic E-state index is 13.0. The summed E-state index contributed by atoms with van der Waals surface area (Å²) < 4.78 is 11.2. The molecule has 5 heteroatoms. The van der Waals surface area contributed by atoms with E-state index in [1.807, 2.05) is 4.90 Å². The summed E-state index contributed by atoms with van der Waals surface area (Å²) in [6, 6.07) is 0.758. The number of amides is 1. The van der Waals surface area contributed by atoms with Crippen LogP contribution in [-0.4, -0.2) is 74.4 Å². The van der Waals surface area contributed by atoms with Gasteiger partial charge in [-0.1, -0.05) is 19.3 Å². The largest absolute Gasteiger partial charge is 0.380 e. The summed E-state index contributed by atoms with van der Waals surface area (Å²) >= 11 is 0. The van der Waals surface area contributed by atoms with Gasteiger partial charge in [0.1, 0.15) is 0 Å². The van der Waals surface area contributed by atoms with Crippen molar-refractivity contribution in [1.82, 2.24) is 9.80 Å². The zero-order valence-corrected chi connectivity index (χ0v) is 14.1. The van der Waals surface area contributed by atoms with E-state index in [1.165, 1.54) is 32.1 Å². The molecule has 5 nitrogen and oxygen atoms in total. The predicted molar refractivity (Wildman–Crippen MR) is 87.1 cm³/mol. The van der Waals surface area contributed by atoms with E-state index in [4.69, 9.17) is 9.47 Å². The SMILES string of the molecule is O=C([C@H]1COC[C@H]2CN(C3CCCCC3)C[C@H]21)N1CCOCC1. The fourth-order valence-corrected chi connectivity index (χ4v) is 5.05. The van der Waals surface area contributed by atoms with E-state index in [1.54, 1.807) is 0 Å². The highest BCUT2D eigenvalue weighted by atomic mass is 16.5. The second-order valence-electron chi connectivity index (χ2n) is 7.75. The summed E-state index contributed by atoms with van der Waals surface area (Å²) in [5, 5.41) is 0. The molecule has 3 heterocycles. The summed E-state index contributed by atoms with van der Waals surface area (Å²) in [4.78, 5) is 17.6. The number of carbonyl (C=O) groups is 1. The molecule has 1 amide bonds. The van der Waals surface area contributed by atoms with Crippen molar-refractivity contribution in [3.8, 4) is 0 Å². The molecule has 3 atom stereocenters. The van der Waals surface area contributed by atoms with Gasteiger partial charge in [0, 0.05) is 32.2 Å². The van der Waals surface area contributed by atoms with Gasteiger partial charge in [-0.3, -0.25) is 9.69 Å². The van der Waals surface area contributed by atoms with Crippen molar-refractivity contribution in [2.75, 3.05) is 52.6 Å². The topological polar surface area (TPSA) is 42.0 Å². The molecule has 4 aliphatic rings. The standard InChI is InChI=1S/C18H30N2O3/c21-18(19-6-8-22-9-7-19)17-13-23-12-14-10-20(11-16(14)17)15-4-2-1-3-5-15/h14-17H,1-13H2/t14-,16-,17+/m1/s1. The third-order valence-electron chi connectivity index (χ3n) is 6.40. The Labute approximate surface area is 139 Å². The van der Waals surface area contributed by atoms with E-state index in [9.17, 15) is 4.79 Å². The molecule has 1 saturated carbocycles. The van der Waals surface area contributed by atoms with Crippen LogP contribution >= 0.6 is 0 Å². The minimum Gasteiger partial charge on any atom is -0.380 e. The van der Waals surface area contributed by atoms with Crippen molar-refractivity contribution in [3.63, 3.8) is 0 Å². The quantitative estimate of drug-likeness (QED) is 0.770. The average Bonchev–Trinajstić information content (AvgIpc) is 3.07. The molecule has 0 radical (unpaired) electrons. The van der Waals surface area contributed by atoms with Crippen LogP contribution in [-0.2, 0) is 14.3 Å². The molecule has 0 aromatic carbocycles. The Morgan fingerprint density at radius 3 is 2.48 bits per heavy atom. The van der Waals surface area contributed by atoms with E-state index in [0.717, 1.165) is 38.8 Å². The highest BCUT2D eigenvalue weighted by Crippen LogP contribution is 2.38. The van der Waals surface area contributed by atoms with Gasteiger partial charge in [0.05, 0.1) is 32.3 Å². The highest BCUT2D eigenvalue weighted by molar-refractivity contribution is 5.79. The summed E-state index contributed by atoms with van der Waals surface area (Å²) in [7, 11) is 0. The third-order valence-corrected chi connectivity index (χ3v) is 6.40. The van der Waals surface area contributed by atoms with Crippen molar-refractivity contribution in [2.24, 2.45) is 17.8 Å². The zero-order chi connectivity index (χ0) is 15.6. The number of nitrogens with zero attached hydrogens (tertiary/aromatic N) is 2. The highest BCUT2D eigenvalue weighted by Gasteiger charge is 2.46. The molecule has 0 unspecified atom stereocenters. The van der Waals surface area contributed by atoms with Crippen molar-refractivity contribution in [3.05, 3.63) is 0 Å². The van der Waals surface area contributed by atoms with Crippen LogP contribution in [0, 0.1) is 17.8 Å². The second kappa shape index (κ2) is 7.08. The number of hydrogen-bond acceptors (Lipinski definition) is 4. The Balaban J connectivity index is 1.41. The molecule has 4 fully saturated rings. The van der Waals surface area contributed by atoms with Gasteiger partial charge in [-0.05, 0) is 24.7 Å². The second-order valence-corrected chi connectivity index (χ2v) is 7.75. The predicted octanol–water partition coefficient (Wildman–Crippen LogP) is 1.37. The number of hydrogen-bond donors (Lipinski definition) is 0. The molecular formula is C18H30N2O3. The van der Waals surface area contributed by atoms with Gasteiger partial charge < -0.3 is 14.4 Å². The Morgan fingerprint density at radius 2 is 1.70 bits per heavy atom. The van der Waals surface area contributed by atoms with Gasteiger partial charge in [-0.2, -0.15) is 0 Å². The van der Waals surface area contributed by atoms with Crippen molar-refractivity contribution >= 4 is 5.91 Å². The summed E-state index contributed by atoms with van der Waals surface area (Å²) in [5.41, 5.74) is 0. The fraction of sp³-hybridized carbons (Fsp3) is 0.944. The monoisotopic (exact) mass is 322 g/mol. The maximum Gasteiger partial charge on any atom is 0.228 e. The molecule has 23 heavy (non-hydrogen) atoms. The van der Waals surface area contributed by atoms with E-state index in [2.05, 4.69) is 4.90 Å². The first-order chi connectivity index (χ1) is 11.3. The van der Waals surface area contributed by atoms with Crippen LogP contribution < -0.4 is 0 Å². The van der Waals surface area contributed by atoms with Crippen molar-refractivity contribution < 1.29 is 14.3 Å². The van der Waals surface area contributed by atoms with Gasteiger partial charge in [-0.25, -0.2) is 0 Å². The first kappa shape index (κ1) is 15.9. The van der Waals surface area contributed by atoms with Crippen LogP contribution in [0.3, 0.4) is 0 Å². The minimum absolute atomic E-state index is 0.0699. The lowest BCUT2D eigenvalue weighted by molar-refractivity contribution is -0.148. The van der Waals surface area contributed by atoms with Gasteiger partial charge in [0.25, 0.3) is 0 Å². The molecule has 0 aromatic heterocycles. The molecule has 0 bridgehead atoms. The number of likely N-dealkylation sites (tertiary alicyclic amines) is 1. The first-order valence-corrected chi connectivity index (χ1v) is 9.51. The van der Waals surface area contributed by atoms with Crippen LogP contribution in [0.2, 0.25) is 0 Å². The first-order valence-electron chi connectivity index (χ1n) is 9.51. The minimum atomic E-state index is 0.0699. The summed E-state index contributed by atoms with van der Waals surface area (Å²) in [6.45, 7) is 6.58. The Hall–Kier alpha value is -0.650. The molecule has 4 rings (SSSR count). The average molecular weight is 322 g/mol. The lowest BCUT2D eigenvalue weighted by Crippen LogP contribution is -2.49. The van der Waals surface area contributed by atoms with Crippen molar-refractivity contribution in [2.45, 2.75) is 38.1 Å². The van der Waals surface area contributed by atoms with E-state index < -0.39 is 0 Å². The van der Waals surface area contributed by atoms with Crippen LogP contribution in [0.5, 0.6) is 0 Å². The molecule has 0 spiro atoms. The molecule has 130 valence electrons. The molecule has 0 aromatic rings. The molecule has 3 saturated heterocycles. The molecular weight excluding hydrogens is 292 g/mol. The number of morpholine rings is 1. The van der Waals surface area contributed by atoms with E-state index in [-0.39, 0.29) is 5.92 Å².